The number of aliphatic hydroxyl groups excluding tert-OH is 2. The Hall–Kier alpha value is -12.6. The fourth-order valence-corrected chi connectivity index (χ4v) is 15.9. The SMILES string of the molecule is C=CCCC[C@@](C)(NC(=O)[C@H](CC(C)C)NC(=O)[C@H](Cc1ccc(O)cc1)NC(=O)CNC(=O)[C@@](C)(CCCC=C)NC(=O)[C@H](CO)NC(=O)[C@H](CC(N)=O)NC(=O)[C@H](CC(C)C)NC(=O)[C@@H](NC(=O)[C@H](Cc1c[nH]c2ccccc12)NC(=O)CNC)[C@@H](C)O)C(=O)NCC(=O)N1CCC[C@H]1C(=O)N[C@@H](CCCCN)C(=O)N[C@@H](CCCCN)C(=O)N[C@@H](CCCCN)C(=O)N[C@@H](CCCCN)C(N)=O. The molecule has 1 aromatic heterocycles. The lowest BCUT2D eigenvalue weighted by atomic mass is 9.92. The molecule has 1 aliphatic heterocycles. The summed E-state index contributed by atoms with van der Waals surface area (Å²) in [6, 6.07) is -4.54. The highest BCUT2D eigenvalue weighted by molar-refractivity contribution is 6.02. The van der Waals surface area contributed by atoms with Crippen molar-refractivity contribution in [1.82, 2.24) is 95.0 Å². The van der Waals surface area contributed by atoms with Crippen LogP contribution in [0.25, 0.3) is 10.9 Å². The summed E-state index contributed by atoms with van der Waals surface area (Å²) >= 11 is 0. The third-order valence-corrected chi connectivity index (χ3v) is 23.7. The molecule has 1 fully saturated rings. The highest BCUT2D eigenvalue weighted by atomic mass is 16.3. The van der Waals surface area contributed by atoms with E-state index in [1.165, 1.54) is 63.1 Å². The largest absolute Gasteiger partial charge is 0.508 e. The summed E-state index contributed by atoms with van der Waals surface area (Å²) < 4.78 is 0. The Morgan fingerprint density at radius 3 is 1.39 bits per heavy atom. The molecule has 2 aromatic carbocycles. The van der Waals surface area contributed by atoms with Crippen molar-refractivity contribution in [2.24, 2.45) is 46.2 Å². The summed E-state index contributed by atoms with van der Waals surface area (Å²) in [6.07, 6.45) is 7.06. The lowest BCUT2D eigenvalue weighted by molar-refractivity contribution is -0.141. The smallest absolute Gasteiger partial charge is 0.245 e. The summed E-state index contributed by atoms with van der Waals surface area (Å²) in [5, 5.41) is 74.3. The summed E-state index contributed by atoms with van der Waals surface area (Å²) in [7, 11) is 1.52. The molecular weight excluding hydrogens is 1810 g/mol. The van der Waals surface area contributed by atoms with Gasteiger partial charge >= 0.3 is 0 Å². The van der Waals surface area contributed by atoms with Gasteiger partial charge in [-0.25, -0.2) is 0 Å². The van der Waals surface area contributed by atoms with E-state index in [2.05, 4.69) is 103 Å². The second-order valence-electron chi connectivity index (χ2n) is 36.7. The molecule has 0 aliphatic carbocycles. The standard InChI is InChI=1S/C95H154N24O21/c1-11-13-21-39-94(8,118-89(136)73(55-120)115-86(133)72(50-75(100)123)113-84(131)68(46-56(3)4)114-91(138)79(58(7)121)116-87(134)71(107-76(124)52-102-10)49-60-51-103-63-29-16-15-28-62(60)63)92(139)104-53-77(125)106-70(48-59-35-37-61(122)38-36-59)85(132)112-69(47-57(5)6)88(135)117-95(9,40-22-14-12-2)93(140)105-54-78(126)119-45-27-34-74(119)90(137)111-67(33-20-26-44-99)83(130)110-66(32-19-25-43-98)82(129)109-65(31-18-24-42-97)81(128)108-64(80(101)127)30-17-23-41-96/h11-12,15-16,28-29,35-38,51,56-58,64-74,79,102-103,120-122H,1-2,13-14,17-27,30-34,39-50,52-55,96-99H2,3-10H3,(H2,100,123)(H2,101,127)(H,104,139)(H,105,140)(H,106,125)(H,107,124)(H,108,128)(H,109,129)(H,110,130)(H,111,137)(H,112,132)(H,113,131)(H,114,138)(H,115,133)(H,116,134)(H,117,135)(H,118,136)/t58-,64+,65+,66+,67+,68+,69+,70+,71+,72+,73+,74+,79+,94-,95-/m1/s1. The summed E-state index contributed by atoms with van der Waals surface area (Å²) in [6.45, 7) is 16.6. The minimum absolute atomic E-state index is 0.0468. The molecule has 0 spiro atoms. The maximum Gasteiger partial charge on any atom is 0.245 e. The van der Waals surface area contributed by atoms with Crippen LogP contribution in [0.2, 0.25) is 0 Å². The maximum absolute atomic E-state index is 14.9. The lowest BCUT2D eigenvalue weighted by Crippen LogP contribution is -2.64. The van der Waals surface area contributed by atoms with Crippen molar-refractivity contribution in [3.05, 3.63) is 91.2 Å². The second kappa shape index (κ2) is 62.5. The number of fused-ring (bicyclic) bond motifs is 1. The first-order valence-corrected chi connectivity index (χ1v) is 48.1. The molecule has 32 N–H and O–H groups in total. The number of para-hydroxylation sites is 1. The molecule has 780 valence electrons. The number of benzene rings is 2. The van der Waals surface area contributed by atoms with Crippen molar-refractivity contribution < 1.29 is 102 Å². The molecule has 15 atom stereocenters. The van der Waals surface area contributed by atoms with E-state index in [0.717, 1.165) is 10.9 Å². The number of allylic oxidation sites excluding steroid dienone is 2. The third kappa shape index (κ3) is 41.5. The molecule has 45 nitrogen and oxygen atoms in total. The number of rotatable bonds is 69. The number of nitrogens with two attached hydrogens (primary N) is 6. The molecule has 4 rings (SSSR count). The Morgan fingerprint density at radius 2 is 0.907 bits per heavy atom. The van der Waals surface area contributed by atoms with E-state index >= 15 is 0 Å². The number of phenols is 1. The monoisotopic (exact) mass is 1970 g/mol. The number of unbranched alkanes of at least 4 members (excludes halogenated alkanes) is 6. The molecule has 0 unspecified atom stereocenters. The first kappa shape index (κ1) is 120. The third-order valence-electron chi connectivity index (χ3n) is 23.7. The number of carbonyl (C=O) groups is 18. The van der Waals surface area contributed by atoms with Crippen LogP contribution in [0.4, 0.5) is 0 Å². The fourth-order valence-electron chi connectivity index (χ4n) is 15.9. The Morgan fingerprint density at radius 1 is 0.486 bits per heavy atom. The van der Waals surface area contributed by atoms with Gasteiger partial charge in [0.05, 0.1) is 38.8 Å². The van der Waals surface area contributed by atoms with Crippen LogP contribution < -0.4 is 119 Å². The molecule has 0 radical (unpaired) electrons. The van der Waals surface area contributed by atoms with E-state index in [4.69, 9.17) is 34.4 Å². The van der Waals surface area contributed by atoms with Crippen LogP contribution in [-0.4, -0.2) is 287 Å². The number of aliphatic hydroxyl groups is 2. The average Bonchev–Trinajstić information content (AvgIpc) is 1.56. The van der Waals surface area contributed by atoms with Crippen molar-refractivity contribution in [3.8, 4) is 5.75 Å². The predicted molar refractivity (Wildman–Crippen MR) is 523 cm³/mol. The Balaban J connectivity index is 1.53. The van der Waals surface area contributed by atoms with Crippen LogP contribution in [-0.2, 0) is 99.1 Å². The number of hydrogen-bond acceptors (Lipinski definition) is 26. The second-order valence-corrected chi connectivity index (χ2v) is 36.7. The summed E-state index contributed by atoms with van der Waals surface area (Å²) in [5.41, 5.74) is 32.3. The van der Waals surface area contributed by atoms with Gasteiger partial charge < -0.3 is 145 Å². The molecule has 0 bridgehead atoms. The van der Waals surface area contributed by atoms with E-state index in [1.54, 1.807) is 52.1 Å². The number of aromatic amines is 1. The number of nitrogens with zero attached hydrogens (tertiary/aromatic N) is 1. The van der Waals surface area contributed by atoms with Crippen LogP contribution in [0.15, 0.2) is 80.0 Å². The number of hydrogen-bond donors (Lipinski definition) is 26. The van der Waals surface area contributed by atoms with Gasteiger partial charge in [-0.1, -0.05) is 70.2 Å². The van der Waals surface area contributed by atoms with Gasteiger partial charge in [0.1, 0.15) is 89.3 Å². The highest BCUT2D eigenvalue weighted by Crippen LogP contribution is 2.25. The number of aromatic hydroxyl groups is 1. The van der Waals surface area contributed by atoms with Crippen molar-refractivity contribution in [1.29, 1.82) is 0 Å². The Bertz CT molecular complexity index is 4610. The number of carbonyl (C=O) groups excluding carboxylic acids is 18. The lowest BCUT2D eigenvalue weighted by Gasteiger charge is -2.33. The first-order chi connectivity index (χ1) is 66.4. The van der Waals surface area contributed by atoms with Gasteiger partial charge in [-0.3, -0.25) is 86.3 Å². The van der Waals surface area contributed by atoms with Gasteiger partial charge in [0.25, 0.3) is 0 Å². The van der Waals surface area contributed by atoms with Gasteiger partial charge in [0, 0.05) is 36.5 Å². The van der Waals surface area contributed by atoms with Crippen LogP contribution in [0, 0.1) is 11.8 Å². The summed E-state index contributed by atoms with van der Waals surface area (Å²) in [5.74, 6) is -17.0. The molecule has 1 saturated heterocycles. The minimum atomic E-state index is -1.99. The minimum Gasteiger partial charge on any atom is -0.508 e. The fraction of sp³-hybridized carbons (Fsp3) is 0.621. The van der Waals surface area contributed by atoms with Gasteiger partial charge in [-0.2, -0.15) is 0 Å². The molecule has 3 aromatic rings. The van der Waals surface area contributed by atoms with Crippen LogP contribution in [0.3, 0.4) is 0 Å². The van der Waals surface area contributed by atoms with Crippen molar-refractivity contribution in [2.45, 2.75) is 299 Å². The van der Waals surface area contributed by atoms with E-state index < -0.39 is 222 Å². The number of amides is 18. The molecule has 140 heavy (non-hydrogen) atoms. The van der Waals surface area contributed by atoms with Crippen molar-refractivity contribution >= 4 is 117 Å². The number of likely N-dealkylation sites (N-methyl/N-ethyl adjacent to an activating group) is 1. The first-order valence-electron chi connectivity index (χ1n) is 48.1. The van der Waals surface area contributed by atoms with Gasteiger partial charge in [0.15, 0.2) is 0 Å². The number of H-pyrrole nitrogens is 1. The number of primary amides is 2. The van der Waals surface area contributed by atoms with Gasteiger partial charge in [-0.15, -0.1) is 13.2 Å². The zero-order valence-corrected chi connectivity index (χ0v) is 82.1. The zero-order valence-electron chi connectivity index (χ0n) is 82.1. The number of likely N-dealkylation sites (tertiary alicyclic amines) is 1. The van der Waals surface area contributed by atoms with Crippen LogP contribution >= 0.6 is 0 Å². The van der Waals surface area contributed by atoms with E-state index in [1.807, 2.05) is 12.1 Å². The molecular formula is C95H154N24O21. The zero-order chi connectivity index (χ0) is 104. The maximum atomic E-state index is 14.9. The van der Waals surface area contributed by atoms with E-state index in [9.17, 15) is 102 Å². The number of phenolic OH excluding ortho intramolecular Hbond substituents is 1. The van der Waals surface area contributed by atoms with E-state index in [-0.39, 0.29) is 134 Å². The van der Waals surface area contributed by atoms with E-state index in [0.29, 0.717) is 88.4 Å². The summed E-state index contributed by atoms with van der Waals surface area (Å²) in [4.78, 5) is 258. The van der Waals surface area contributed by atoms with Crippen molar-refractivity contribution in [2.75, 3.05) is 66.0 Å². The quantitative estimate of drug-likeness (QED) is 0.0191. The molecule has 1 aliphatic rings. The van der Waals surface area contributed by atoms with Crippen LogP contribution in [0.5, 0.6) is 5.75 Å². The van der Waals surface area contributed by atoms with Gasteiger partial charge in [-0.05, 0) is 236 Å². The number of nitrogens with one attached hydrogen (secondary N) is 17. The predicted octanol–water partition coefficient (Wildman–Crippen LogP) is -3.76. The van der Waals surface area contributed by atoms with Crippen molar-refractivity contribution in [3.63, 3.8) is 0 Å². The molecule has 2 heterocycles. The topological polar surface area (TPSA) is 736 Å². The Kier molecular flexibility index (Phi) is 53.4. The number of aromatic nitrogens is 1. The normalized spacial score (nSPS) is 15.8. The van der Waals surface area contributed by atoms with Gasteiger partial charge in [0.2, 0.25) is 106 Å². The average molecular weight is 1970 g/mol. The Labute approximate surface area is 817 Å². The molecule has 18 amide bonds. The molecule has 0 saturated carbocycles. The van der Waals surface area contributed by atoms with Crippen LogP contribution in [0.1, 0.15) is 207 Å². The molecule has 45 heteroatoms. The highest BCUT2D eigenvalue weighted by Gasteiger charge is 2.44.